The number of halogens is 2. The third kappa shape index (κ3) is 3.59. The van der Waals surface area contributed by atoms with Crippen molar-refractivity contribution >= 4 is 32.5 Å². The monoisotopic (exact) mass is 420 g/mol. The molecule has 1 amide bonds. The molecule has 0 aliphatic heterocycles. The molecular formula is C19H18F2N4O3S. The Kier molecular flexibility index (Phi) is 4.23. The Morgan fingerprint density at radius 1 is 1.31 bits per heavy atom. The van der Waals surface area contributed by atoms with Gasteiger partial charge in [0.25, 0.3) is 5.92 Å². The standard InChI is InChI=1S/C19H18F2N4O3S/c1-10(26)23-17-6-12-13(9-25(2)16(12)8-22-17)15-4-11(14-7-19(14,20)21)5-18(24-15)29(3,27)28/h4-6,8-9,14H,7H2,1-3H3,(H,22,23,26). The molecule has 1 atom stereocenters. The lowest BCUT2D eigenvalue weighted by Gasteiger charge is -2.08. The number of hydrogen-bond acceptors (Lipinski definition) is 5. The van der Waals surface area contributed by atoms with Crippen molar-refractivity contribution in [1.29, 1.82) is 0 Å². The van der Waals surface area contributed by atoms with Gasteiger partial charge in [-0.25, -0.2) is 27.2 Å². The lowest BCUT2D eigenvalue weighted by molar-refractivity contribution is -0.114. The van der Waals surface area contributed by atoms with E-state index in [1.165, 1.54) is 19.1 Å². The van der Waals surface area contributed by atoms with Crippen LogP contribution < -0.4 is 5.32 Å². The van der Waals surface area contributed by atoms with Crippen molar-refractivity contribution in [2.75, 3.05) is 11.6 Å². The zero-order chi connectivity index (χ0) is 21.1. The molecule has 3 aromatic heterocycles. The molecule has 4 rings (SSSR count). The van der Waals surface area contributed by atoms with Crippen molar-refractivity contribution in [3.05, 3.63) is 36.2 Å². The minimum absolute atomic E-state index is 0.244. The number of nitrogens with zero attached hydrogens (tertiary/aromatic N) is 3. The van der Waals surface area contributed by atoms with E-state index in [2.05, 4.69) is 15.3 Å². The quantitative estimate of drug-likeness (QED) is 0.700. The predicted molar refractivity (Wildman–Crippen MR) is 104 cm³/mol. The number of aryl methyl sites for hydroxylation is 1. The van der Waals surface area contributed by atoms with E-state index in [-0.39, 0.29) is 28.6 Å². The second kappa shape index (κ2) is 6.31. The van der Waals surface area contributed by atoms with Gasteiger partial charge in [-0.05, 0) is 23.8 Å². The minimum atomic E-state index is -3.70. The second-order valence-electron chi connectivity index (χ2n) is 7.34. The lowest BCUT2D eigenvalue weighted by Crippen LogP contribution is -2.07. The zero-order valence-corrected chi connectivity index (χ0v) is 16.7. The molecule has 1 saturated carbocycles. The van der Waals surface area contributed by atoms with Crippen LogP contribution in [0.3, 0.4) is 0 Å². The Morgan fingerprint density at radius 3 is 2.59 bits per heavy atom. The SMILES string of the molecule is CC(=O)Nc1cc2c(-c3cc(C4CC4(F)F)cc(S(C)(=O)=O)n3)cn(C)c2cn1. The third-order valence-corrected chi connectivity index (χ3v) is 5.86. The van der Waals surface area contributed by atoms with Crippen molar-refractivity contribution in [3.63, 3.8) is 0 Å². The number of fused-ring (bicyclic) bond motifs is 1. The van der Waals surface area contributed by atoms with Gasteiger partial charge in [0.1, 0.15) is 5.82 Å². The molecule has 152 valence electrons. The molecule has 0 bridgehead atoms. The van der Waals surface area contributed by atoms with Crippen LogP contribution >= 0.6 is 0 Å². The van der Waals surface area contributed by atoms with E-state index < -0.39 is 21.7 Å². The van der Waals surface area contributed by atoms with Crippen molar-refractivity contribution < 1.29 is 22.0 Å². The molecule has 10 heteroatoms. The van der Waals surface area contributed by atoms with E-state index in [9.17, 15) is 22.0 Å². The molecule has 1 N–H and O–H groups in total. The minimum Gasteiger partial charge on any atom is -0.349 e. The van der Waals surface area contributed by atoms with Gasteiger partial charge in [0.2, 0.25) is 5.91 Å². The molecule has 1 aliphatic carbocycles. The van der Waals surface area contributed by atoms with Gasteiger partial charge in [0.15, 0.2) is 14.9 Å². The normalized spacial score (nSPS) is 18.0. The molecule has 1 fully saturated rings. The first-order valence-corrected chi connectivity index (χ1v) is 10.7. The molecule has 1 unspecified atom stereocenters. The first-order valence-electron chi connectivity index (χ1n) is 8.78. The highest BCUT2D eigenvalue weighted by Gasteiger charge is 2.57. The summed E-state index contributed by atoms with van der Waals surface area (Å²) >= 11 is 0. The van der Waals surface area contributed by atoms with E-state index in [1.54, 1.807) is 30.1 Å². The predicted octanol–water partition coefficient (Wildman–Crippen LogP) is 3.12. The van der Waals surface area contributed by atoms with Crippen LogP contribution in [0.4, 0.5) is 14.6 Å². The number of amides is 1. The van der Waals surface area contributed by atoms with Crippen molar-refractivity contribution in [3.8, 4) is 11.3 Å². The smallest absolute Gasteiger partial charge is 0.255 e. The third-order valence-electron chi connectivity index (χ3n) is 4.89. The fraction of sp³-hybridized carbons (Fsp3) is 0.316. The van der Waals surface area contributed by atoms with Crippen LogP contribution in [0.5, 0.6) is 0 Å². The molecule has 7 nitrogen and oxygen atoms in total. The fourth-order valence-corrected chi connectivity index (χ4v) is 3.97. The molecule has 0 aromatic carbocycles. The van der Waals surface area contributed by atoms with Crippen LogP contribution in [0.1, 0.15) is 24.8 Å². The Hall–Kier alpha value is -2.88. The molecule has 29 heavy (non-hydrogen) atoms. The zero-order valence-electron chi connectivity index (χ0n) is 15.9. The molecule has 0 radical (unpaired) electrons. The van der Waals surface area contributed by atoms with Crippen molar-refractivity contribution in [2.24, 2.45) is 7.05 Å². The van der Waals surface area contributed by atoms with Gasteiger partial charge in [0.05, 0.1) is 23.3 Å². The summed E-state index contributed by atoms with van der Waals surface area (Å²) in [4.78, 5) is 19.8. The molecule has 3 heterocycles. The number of nitrogens with one attached hydrogen (secondary N) is 1. The first kappa shape index (κ1) is 19.4. The molecule has 1 aliphatic rings. The highest BCUT2D eigenvalue weighted by atomic mass is 32.2. The number of carbonyl (C=O) groups excluding carboxylic acids is 1. The number of rotatable bonds is 4. The average molecular weight is 420 g/mol. The van der Waals surface area contributed by atoms with E-state index in [0.717, 1.165) is 11.8 Å². The summed E-state index contributed by atoms with van der Waals surface area (Å²) in [5, 5.41) is 3.01. The summed E-state index contributed by atoms with van der Waals surface area (Å²) in [5.41, 5.74) is 1.80. The van der Waals surface area contributed by atoms with Crippen LogP contribution in [0.2, 0.25) is 0 Å². The summed E-state index contributed by atoms with van der Waals surface area (Å²) < 4.78 is 53.3. The molecule has 0 saturated heterocycles. The Labute approximate surface area is 165 Å². The first-order chi connectivity index (χ1) is 13.5. The summed E-state index contributed by atoms with van der Waals surface area (Å²) in [5.74, 6) is -3.82. The van der Waals surface area contributed by atoms with Crippen LogP contribution in [0.25, 0.3) is 22.2 Å². The van der Waals surface area contributed by atoms with Gasteiger partial charge in [-0.2, -0.15) is 0 Å². The van der Waals surface area contributed by atoms with E-state index in [0.29, 0.717) is 16.8 Å². The number of aromatic nitrogens is 3. The fourth-order valence-electron chi connectivity index (χ4n) is 3.36. The van der Waals surface area contributed by atoms with Gasteiger partial charge in [0, 0.05) is 43.8 Å². The number of carbonyl (C=O) groups is 1. The maximum Gasteiger partial charge on any atom is 0.255 e. The van der Waals surface area contributed by atoms with E-state index in [1.807, 2.05) is 0 Å². The van der Waals surface area contributed by atoms with Crippen molar-refractivity contribution in [1.82, 2.24) is 14.5 Å². The molecular weight excluding hydrogens is 402 g/mol. The van der Waals surface area contributed by atoms with Gasteiger partial charge in [-0.1, -0.05) is 0 Å². The maximum absolute atomic E-state index is 13.7. The number of anilines is 1. The van der Waals surface area contributed by atoms with Crippen LogP contribution in [0.15, 0.2) is 35.6 Å². The van der Waals surface area contributed by atoms with Gasteiger partial charge < -0.3 is 9.88 Å². The number of hydrogen-bond donors (Lipinski definition) is 1. The van der Waals surface area contributed by atoms with E-state index in [4.69, 9.17) is 0 Å². The molecule has 3 aromatic rings. The summed E-state index contributed by atoms with van der Waals surface area (Å²) in [6.07, 6.45) is 3.98. The van der Waals surface area contributed by atoms with Gasteiger partial charge >= 0.3 is 0 Å². The van der Waals surface area contributed by atoms with E-state index >= 15 is 0 Å². The summed E-state index contributed by atoms with van der Waals surface area (Å²) in [6.45, 7) is 1.36. The largest absolute Gasteiger partial charge is 0.349 e. The number of pyridine rings is 2. The Balaban J connectivity index is 1.93. The Morgan fingerprint density at radius 2 is 2.00 bits per heavy atom. The summed E-state index contributed by atoms with van der Waals surface area (Å²) in [7, 11) is -1.92. The van der Waals surface area contributed by atoms with Crippen LogP contribution in [-0.4, -0.2) is 41.0 Å². The summed E-state index contributed by atoms with van der Waals surface area (Å²) in [6, 6.07) is 4.37. The maximum atomic E-state index is 13.7. The second-order valence-corrected chi connectivity index (χ2v) is 9.30. The van der Waals surface area contributed by atoms with Crippen molar-refractivity contribution in [2.45, 2.75) is 30.2 Å². The lowest BCUT2D eigenvalue weighted by atomic mass is 10.1. The number of sulfone groups is 1. The van der Waals surface area contributed by atoms with Gasteiger partial charge in [-0.15, -0.1) is 0 Å². The molecule has 0 spiro atoms. The average Bonchev–Trinajstić information content (AvgIpc) is 3.13. The topological polar surface area (TPSA) is 94.0 Å². The Bertz CT molecular complexity index is 1270. The van der Waals surface area contributed by atoms with Crippen LogP contribution in [0, 0.1) is 0 Å². The number of alkyl halides is 2. The highest BCUT2D eigenvalue weighted by molar-refractivity contribution is 7.90. The van der Waals surface area contributed by atoms with Gasteiger partial charge in [-0.3, -0.25) is 4.79 Å². The highest BCUT2D eigenvalue weighted by Crippen LogP contribution is 2.56. The van der Waals surface area contributed by atoms with Crippen LogP contribution in [-0.2, 0) is 21.7 Å².